The Labute approximate surface area is 108 Å². The molecule has 1 aromatic carbocycles. The van der Waals surface area contributed by atoms with Gasteiger partial charge in [0.05, 0.1) is 0 Å². The minimum atomic E-state index is -0.538. The van der Waals surface area contributed by atoms with Gasteiger partial charge in [-0.05, 0) is 17.4 Å². The summed E-state index contributed by atoms with van der Waals surface area (Å²) in [6, 6.07) is 9.52. The van der Waals surface area contributed by atoms with Crippen molar-refractivity contribution in [3.63, 3.8) is 0 Å². The summed E-state index contributed by atoms with van der Waals surface area (Å²) in [5.41, 5.74) is 3.45. The van der Waals surface area contributed by atoms with Gasteiger partial charge < -0.3 is 4.74 Å². The summed E-state index contributed by atoms with van der Waals surface area (Å²) in [4.78, 5) is 11.3. The van der Waals surface area contributed by atoms with Crippen molar-refractivity contribution in [2.24, 2.45) is 10.5 Å². The first kappa shape index (κ1) is 14.2. The molecule has 0 heterocycles. The number of hydrazone groups is 1. The van der Waals surface area contributed by atoms with E-state index in [1.807, 2.05) is 30.3 Å². The van der Waals surface area contributed by atoms with Gasteiger partial charge in [0.15, 0.2) is 0 Å². The monoisotopic (exact) mass is 248 g/mol. The molecule has 1 rings (SSSR count). The Morgan fingerprint density at radius 1 is 1.33 bits per heavy atom. The Morgan fingerprint density at radius 2 is 2.00 bits per heavy atom. The van der Waals surface area contributed by atoms with Crippen LogP contribution >= 0.6 is 0 Å². The summed E-state index contributed by atoms with van der Waals surface area (Å²) in [5, 5.41) is 3.82. The van der Waals surface area contributed by atoms with Crippen LogP contribution in [0.15, 0.2) is 35.4 Å². The zero-order valence-corrected chi connectivity index (χ0v) is 11.1. The van der Waals surface area contributed by atoms with Gasteiger partial charge in [0.2, 0.25) is 0 Å². The minimum Gasteiger partial charge on any atom is -0.443 e. The van der Waals surface area contributed by atoms with Gasteiger partial charge in [-0.3, -0.25) is 0 Å². The maximum absolute atomic E-state index is 11.3. The Morgan fingerprint density at radius 3 is 2.61 bits per heavy atom. The number of rotatable bonds is 4. The van der Waals surface area contributed by atoms with Gasteiger partial charge in [0, 0.05) is 6.21 Å². The summed E-state index contributed by atoms with van der Waals surface area (Å²) in [6.07, 6.45) is 1.94. The number of benzene rings is 1. The molecule has 0 atom stereocenters. The molecule has 0 aliphatic rings. The first-order chi connectivity index (χ1) is 8.47. The van der Waals surface area contributed by atoms with E-state index in [2.05, 4.69) is 31.3 Å². The van der Waals surface area contributed by atoms with Crippen LogP contribution in [0.2, 0.25) is 0 Å². The molecule has 4 heteroatoms. The average molecular weight is 248 g/mol. The van der Waals surface area contributed by atoms with Crippen molar-refractivity contribution >= 4 is 12.3 Å². The van der Waals surface area contributed by atoms with Crippen LogP contribution in [0, 0.1) is 5.41 Å². The zero-order valence-electron chi connectivity index (χ0n) is 11.1. The third-order valence-corrected chi connectivity index (χ3v) is 2.16. The Kier molecular flexibility index (Phi) is 5.36. The molecule has 0 radical (unpaired) electrons. The number of nitrogens with zero attached hydrogens (tertiary/aromatic N) is 1. The van der Waals surface area contributed by atoms with Crippen molar-refractivity contribution in [3.05, 3.63) is 35.9 Å². The largest absolute Gasteiger partial charge is 0.443 e. The number of amides is 1. The van der Waals surface area contributed by atoms with Gasteiger partial charge in [-0.2, -0.15) is 5.10 Å². The van der Waals surface area contributed by atoms with E-state index in [1.54, 1.807) is 6.21 Å². The molecule has 18 heavy (non-hydrogen) atoms. The number of carbonyl (C=O) groups is 1. The lowest BCUT2D eigenvalue weighted by Gasteiger charge is -2.13. The highest BCUT2D eigenvalue weighted by molar-refractivity contribution is 5.69. The van der Waals surface area contributed by atoms with Crippen LogP contribution in [0.25, 0.3) is 0 Å². The van der Waals surface area contributed by atoms with E-state index in [0.717, 1.165) is 12.0 Å². The fraction of sp³-hybridized carbons (Fsp3) is 0.429. The Balaban J connectivity index is 2.22. The van der Waals surface area contributed by atoms with Gasteiger partial charge in [-0.25, -0.2) is 10.2 Å². The van der Waals surface area contributed by atoms with Crippen molar-refractivity contribution in [1.82, 2.24) is 5.43 Å². The van der Waals surface area contributed by atoms with Crippen LogP contribution in [0.5, 0.6) is 0 Å². The molecule has 1 amide bonds. The fourth-order valence-electron chi connectivity index (χ4n) is 1.17. The molecule has 0 unspecified atom stereocenters. The molecule has 4 nitrogen and oxygen atoms in total. The molecule has 0 saturated carbocycles. The van der Waals surface area contributed by atoms with Gasteiger partial charge in [0.1, 0.15) is 6.61 Å². The number of ether oxygens (including phenoxy) is 1. The van der Waals surface area contributed by atoms with Gasteiger partial charge in [-0.1, -0.05) is 51.1 Å². The normalized spacial score (nSPS) is 11.5. The van der Waals surface area contributed by atoms with Gasteiger partial charge in [-0.15, -0.1) is 0 Å². The van der Waals surface area contributed by atoms with E-state index >= 15 is 0 Å². The summed E-state index contributed by atoms with van der Waals surface area (Å²) >= 11 is 0. The third-order valence-electron chi connectivity index (χ3n) is 2.16. The maximum atomic E-state index is 11.3. The van der Waals surface area contributed by atoms with Crippen LogP contribution in [-0.2, 0) is 11.3 Å². The summed E-state index contributed by atoms with van der Waals surface area (Å²) in [5.74, 6) is 0. The van der Waals surface area contributed by atoms with E-state index in [1.165, 1.54) is 0 Å². The first-order valence-corrected chi connectivity index (χ1v) is 5.95. The second-order valence-electron chi connectivity index (χ2n) is 5.25. The minimum absolute atomic E-state index is 0.166. The molecule has 0 aromatic heterocycles. The molecule has 0 aliphatic carbocycles. The highest BCUT2D eigenvalue weighted by atomic mass is 16.5. The lowest BCUT2D eigenvalue weighted by molar-refractivity contribution is 0.140. The van der Waals surface area contributed by atoms with Crippen molar-refractivity contribution < 1.29 is 9.53 Å². The summed E-state index contributed by atoms with van der Waals surface area (Å²) in [6.45, 7) is 6.56. The molecular weight excluding hydrogens is 228 g/mol. The van der Waals surface area contributed by atoms with E-state index in [9.17, 15) is 4.79 Å². The molecular formula is C14H20N2O2. The number of nitrogens with one attached hydrogen (secondary N) is 1. The molecule has 0 spiro atoms. The van der Waals surface area contributed by atoms with Crippen molar-refractivity contribution in [2.75, 3.05) is 0 Å². The van der Waals surface area contributed by atoms with E-state index in [0.29, 0.717) is 0 Å². The molecule has 98 valence electrons. The first-order valence-electron chi connectivity index (χ1n) is 5.95. The van der Waals surface area contributed by atoms with E-state index in [-0.39, 0.29) is 12.0 Å². The average Bonchev–Trinajstić information content (AvgIpc) is 2.32. The predicted molar refractivity (Wildman–Crippen MR) is 72.3 cm³/mol. The quantitative estimate of drug-likeness (QED) is 0.656. The smallest absolute Gasteiger partial charge is 0.428 e. The van der Waals surface area contributed by atoms with Gasteiger partial charge in [0.25, 0.3) is 0 Å². The summed E-state index contributed by atoms with van der Waals surface area (Å²) in [7, 11) is 0. The molecule has 1 N–H and O–H groups in total. The molecule has 0 aliphatic heterocycles. The number of carbonyl (C=O) groups excluding carboxylic acids is 1. The highest BCUT2D eigenvalue weighted by Crippen LogP contribution is 2.15. The predicted octanol–water partition coefficient (Wildman–Crippen LogP) is 3.33. The van der Waals surface area contributed by atoms with E-state index < -0.39 is 6.09 Å². The molecule has 0 saturated heterocycles. The second kappa shape index (κ2) is 6.79. The van der Waals surface area contributed by atoms with Crippen LogP contribution < -0.4 is 5.43 Å². The van der Waals surface area contributed by atoms with Crippen LogP contribution in [0.4, 0.5) is 4.79 Å². The van der Waals surface area contributed by atoms with E-state index in [4.69, 9.17) is 4.74 Å². The highest BCUT2D eigenvalue weighted by Gasteiger charge is 2.07. The standard InChI is InChI=1S/C14H20N2O2/c1-14(2,3)9-10-15-16-13(17)18-11-12-7-5-4-6-8-12/h4-8,10H,9,11H2,1-3H3,(H,16,17)/b15-10+. The zero-order chi connectivity index (χ0) is 13.4. The fourth-order valence-corrected chi connectivity index (χ4v) is 1.17. The second-order valence-corrected chi connectivity index (χ2v) is 5.25. The number of hydrogen-bond donors (Lipinski definition) is 1. The maximum Gasteiger partial charge on any atom is 0.428 e. The lowest BCUT2D eigenvalue weighted by Crippen LogP contribution is -2.19. The number of hydrogen-bond acceptors (Lipinski definition) is 3. The van der Waals surface area contributed by atoms with Gasteiger partial charge >= 0.3 is 6.09 Å². The van der Waals surface area contributed by atoms with Crippen LogP contribution in [-0.4, -0.2) is 12.3 Å². The molecule has 0 fully saturated rings. The molecule has 1 aromatic rings. The van der Waals surface area contributed by atoms with Crippen molar-refractivity contribution in [3.8, 4) is 0 Å². The third kappa shape index (κ3) is 6.68. The summed E-state index contributed by atoms with van der Waals surface area (Å²) < 4.78 is 5.00. The topological polar surface area (TPSA) is 50.7 Å². The van der Waals surface area contributed by atoms with Crippen molar-refractivity contribution in [1.29, 1.82) is 0 Å². The van der Waals surface area contributed by atoms with Crippen LogP contribution in [0.1, 0.15) is 32.8 Å². The van der Waals surface area contributed by atoms with Crippen molar-refractivity contribution in [2.45, 2.75) is 33.8 Å². The Hall–Kier alpha value is -1.84. The SMILES string of the molecule is CC(C)(C)C/C=N/NC(=O)OCc1ccccc1. The molecule has 0 bridgehead atoms. The Bertz CT molecular complexity index is 394. The lowest BCUT2D eigenvalue weighted by atomic mass is 9.93. The van der Waals surface area contributed by atoms with Crippen LogP contribution in [0.3, 0.4) is 0 Å².